The molecule has 2 nitrogen and oxygen atoms in total. The van der Waals surface area contributed by atoms with Crippen molar-refractivity contribution in [3.63, 3.8) is 0 Å². The fourth-order valence-corrected chi connectivity index (χ4v) is 2.13. The standard InChI is InChI=1S/C13H13BrClFN2/c1-2-12(15)10-6-17-18(8-10)7-9-3-4-11(14)5-13(9)16/h3-6,8,12H,2,7H2,1H3. The lowest BCUT2D eigenvalue weighted by molar-refractivity contribution is 0.584. The number of benzene rings is 1. The maximum absolute atomic E-state index is 13.7. The van der Waals surface area contributed by atoms with Crippen LogP contribution in [0.1, 0.15) is 29.8 Å². The molecule has 0 N–H and O–H groups in total. The van der Waals surface area contributed by atoms with E-state index in [9.17, 15) is 4.39 Å². The normalized spacial score (nSPS) is 12.7. The van der Waals surface area contributed by atoms with Crippen LogP contribution in [-0.2, 0) is 6.54 Å². The molecule has 1 unspecified atom stereocenters. The molecule has 1 aromatic carbocycles. The van der Waals surface area contributed by atoms with Crippen molar-refractivity contribution in [2.75, 3.05) is 0 Å². The molecule has 0 amide bonds. The first kappa shape index (κ1) is 13.6. The molecule has 1 aromatic heterocycles. The number of hydrogen-bond acceptors (Lipinski definition) is 1. The van der Waals surface area contributed by atoms with E-state index in [4.69, 9.17) is 11.6 Å². The first-order valence-electron chi connectivity index (χ1n) is 5.70. The van der Waals surface area contributed by atoms with E-state index in [-0.39, 0.29) is 11.2 Å². The Morgan fingerprint density at radius 1 is 1.50 bits per heavy atom. The number of halogens is 3. The number of nitrogens with zero attached hydrogens (tertiary/aromatic N) is 2. The van der Waals surface area contributed by atoms with Crippen LogP contribution in [0.25, 0.3) is 0 Å². The van der Waals surface area contributed by atoms with E-state index in [1.165, 1.54) is 6.07 Å². The van der Waals surface area contributed by atoms with Gasteiger partial charge in [-0.05, 0) is 18.6 Å². The number of hydrogen-bond donors (Lipinski definition) is 0. The summed E-state index contributed by atoms with van der Waals surface area (Å²) in [5, 5.41) is 4.16. The van der Waals surface area contributed by atoms with Crippen LogP contribution >= 0.6 is 27.5 Å². The van der Waals surface area contributed by atoms with Crippen molar-refractivity contribution < 1.29 is 4.39 Å². The molecule has 2 rings (SSSR count). The Morgan fingerprint density at radius 2 is 2.28 bits per heavy atom. The summed E-state index contributed by atoms with van der Waals surface area (Å²) in [6, 6.07) is 5.02. The van der Waals surface area contributed by atoms with Gasteiger partial charge in [-0.1, -0.05) is 28.9 Å². The summed E-state index contributed by atoms with van der Waals surface area (Å²) in [5.74, 6) is -0.237. The van der Waals surface area contributed by atoms with Gasteiger partial charge >= 0.3 is 0 Å². The summed E-state index contributed by atoms with van der Waals surface area (Å²) in [6.07, 6.45) is 4.44. The van der Waals surface area contributed by atoms with Gasteiger partial charge in [-0.2, -0.15) is 5.10 Å². The lowest BCUT2D eigenvalue weighted by atomic mass is 10.2. The van der Waals surface area contributed by atoms with Crippen molar-refractivity contribution in [2.24, 2.45) is 0 Å². The van der Waals surface area contributed by atoms with E-state index in [0.717, 1.165) is 16.5 Å². The highest BCUT2D eigenvalue weighted by molar-refractivity contribution is 9.10. The largest absolute Gasteiger partial charge is 0.268 e. The molecule has 0 saturated carbocycles. The van der Waals surface area contributed by atoms with Crippen molar-refractivity contribution in [3.8, 4) is 0 Å². The van der Waals surface area contributed by atoms with Gasteiger partial charge in [0, 0.05) is 21.8 Å². The predicted octanol–water partition coefficient (Wildman–Crippen LogP) is 4.52. The zero-order valence-electron chi connectivity index (χ0n) is 9.91. The van der Waals surface area contributed by atoms with Crippen molar-refractivity contribution >= 4 is 27.5 Å². The van der Waals surface area contributed by atoms with Crippen LogP contribution < -0.4 is 0 Å². The molecule has 0 saturated heterocycles. The maximum Gasteiger partial charge on any atom is 0.129 e. The third kappa shape index (κ3) is 3.12. The average Bonchev–Trinajstić information content (AvgIpc) is 2.80. The molecule has 18 heavy (non-hydrogen) atoms. The highest BCUT2D eigenvalue weighted by atomic mass is 79.9. The van der Waals surface area contributed by atoms with Gasteiger partial charge in [-0.15, -0.1) is 11.6 Å². The fraction of sp³-hybridized carbons (Fsp3) is 0.308. The molecule has 1 atom stereocenters. The van der Waals surface area contributed by atoms with Crippen molar-refractivity contribution in [2.45, 2.75) is 25.3 Å². The topological polar surface area (TPSA) is 17.8 Å². The van der Waals surface area contributed by atoms with Gasteiger partial charge in [0.05, 0.1) is 18.1 Å². The van der Waals surface area contributed by atoms with E-state index >= 15 is 0 Å². The van der Waals surface area contributed by atoms with Gasteiger partial charge in [-0.25, -0.2) is 4.39 Å². The summed E-state index contributed by atoms with van der Waals surface area (Å²) >= 11 is 9.36. The second-order valence-electron chi connectivity index (χ2n) is 4.08. The Kier molecular flexibility index (Phi) is 4.40. The number of rotatable bonds is 4. The molecule has 0 aliphatic rings. The first-order chi connectivity index (χ1) is 8.60. The lowest BCUT2D eigenvalue weighted by Gasteiger charge is -2.04. The minimum Gasteiger partial charge on any atom is -0.268 e. The Hall–Kier alpha value is -0.870. The summed E-state index contributed by atoms with van der Waals surface area (Å²) in [7, 11) is 0. The van der Waals surface area contributed by atoms with Gasteiger partial charge in [0.1, 0.15) is 5.82 Å². The van der Waals surface area contributed by atoms with E-state index < -0.39 is 0 Å². The van der Waals surface area contributed by atoms with E-state index in [1.54, 1.807) is 16.9 Å². The quantitative estimate of drug-likeness (QED) is 0.753. The highest BCUT2D eigenvalue weighted by Crippen LogP contribution is 2.23. The number of alkyl halides is 1. The van der Waals surface area contributed by atoms with E-state index in [2.05, 4.69) is 21.0 Å². The Bertz CT molecular complexity index is 542. The van der Waals surface area contributed by atoms with E-state index in [0.29, 0.717) is 12.1 Å². The van der Waals surface area contributed by atoms with Crippen molar-refractivity contribution in [3.05, 3.63) is 52.0 Å². The summed E-state index contributed by atoms with van der Waals surface area (Å²) < 4.78 is 16.1. The van der Waals surface area contributed by atoms with Crippen LogP contribution in [0.15, 0.2) is 35.1 Å². The van der Waals surface area contributed by atoms with Crippen LogP contribution in [0.3, 0.4) is 0 Å². The lowest BCUT2D eigenvalue weighted by Crippen LogP contribution is -2.02. The molecule has 0 aliphatic carbocycles. The molecule has 0 bridgehead atoms. The second kappa shape index (κ2) is 5.85. The van der Waals surface area contributed by atoms with Crippen LogP contribution in [0, 0.1) is 5.82 Å². The molecule has 2 aromatic rings. The Balaban J connectivity index is 2.16. The molecule has 0 aliphatic heterocycles. The molecular weight excluding hydrogens is 319 g/mol. The van der Waals surface area contributed by atoms with Gasteiger partial charge in [0.2, 0.25) is 0 Å². The van der Waals surface area contributed by atoms with Gasteiger partial charge in [0.15, 0.2) is 0 Å². The average molecular weight is 332 g/mol. The Labute approximate surface area is 119 Å². The minimum absolute atomic E-state index is 0.0338. The fourth-order valence-electron chi connectivity index (χ4n) is 1.69. The monoisotopic (exact) mass is 330 g/mol. The third-order valence-electron chi connectivity index (χ3n) is 2.72. The summed E-state index contributed by atoms with van der Waals surface area (Å²) in [6.45, 7) is 2.43. The van der Waals surface area contributed by atoms with Crippen LogP contribution in [0.5, 0.6) is 0 Å². The smallest absolute Gasteiger partial charge is 0.129 e. The SMILES string of the molecule is CCC(Cl)c1cnn(Cc2ccc(Br)cc2F)c1. The zero-order chi connectivity index (χ0) is 13.1. The van der Waals surface area contributed by atoms with Gasteiger partial charge in [-0.3, -0.25) is 4.68 Å². The predicted molar refractivity (Wildman–Crippen MR) is 74.3 cm³/mol. The zero-order valence-corrected chi connectivity index (χ0v) is 12.2. The third-order valence-corrected chi connectivity index (χ3v) is 3.77. The second-order valence-corrected chi connectivity index (χ2v) is 5.53. The minimum atomic E-state index is -0.237. The molecule has 0 radical (unpaired) electrons. The summed E-state index contributed by atoms with van der Waals surface area (Å²) in [4.78, 5) is 0. The first-order valence-corrected chi connectivity index (χ1v) is 6.93. The maximum atomic E-state index is 13.7. The summed E-state index contributed by atoms with van der Waals surface area (Å²) in [5.41, 5.74) is 1.58. The van der Waals surface area contributed by atoms with Crippen molar-refractivity contribution in [1.29, 1.82) is 0 Å². The van der Waals surface area contributed by atoms with Crippen LogP contribution in [0.2, 0.25) is 0 Å². The molecule has 0 fully saturated rings. The Morgan fingerprint density at radius 3 is 2.94 bits per heavy atom. The molecule has 0 spiro atoms. The molecule has 96 valence electrons. The molecule has 1 heterocycles. The highest BCUT2D eigenvalue weighted by Gasteiger charge is 2.09. The van der Waals surface area contributed by atoms with Gasteiger partial charge < -0.3 is 0 Å². The van der Waals surface area contributed by atoms with Crippen LogP contribution in [-0.4, -0.2) is 9.78 Å². The van der Waals surface area contributed by atoms with Crippen molar-refractivity contribution in [1.82, 2.24) is 9.78 Å². The van der Waals surface area contributed by atoms with E-state index in [1.807, 2.05) is 19.2 Å². The number of aromatic nitrogens is 2. The van der Waals surface area contributed by atoms with Gasteiger partial charge in [0.25, 0.3) is 0 Å². The molecule has 5 heteroatoms. The molecular formula is C13H13BrClFN2. The van der Waals surface area contributed by atoms with Crippen LogP contribution in [0.4, 0.5) is 4.39 Å².